The zero-order chi connectivity index (χ0) is 41.1. The highest BCUT2D eigenvalue weighted by atomic mass is 28.3. The van der Waals surface area contributed by atoms with E-state index in [-0.39, 0.29) is 35.7 Å². The summed E-state index contributed by atoms with van der Waals surface area (Å²) >= 11 is 0. The molecule has 2 aromatic heterocycles. The molecule has 0 unspecified atom stereocenters. The monoisotopic (exact) mass is 808 g/mol. The largest absolute Gasteiger partial charge is 0.453 e. The van der Waals surface area contributed by atoms with Crippen LogP contribution in [0.3, 0.4) is 0 Å². The van der Waals surface area contributed by atoms with Crippen molar-refractivity contribution in [1.29, 1.82) is 0 Å². The lowest BCUT2D eigenvalue weighted by atomic mass is 10.0. The Labute approximate surface area is 340 Å². The van der Waals surface area contributed by atoms with Crippen molar-refractivity contribution in [2.24, 2.45) is 11.8 Å². The average molecular weight is 809 g/mol. The molecule has 3 aliphatic rings. The Morgan fingerprint density at radius 3 is 1.83 bits per heavy atom. The standard InChI is InChI=1S/C43H56N8O6Si/c1-26(2)36(48-42(54)56-5)40(52)50-19-9-10-34(50)39-45-22-32(46-39)30-15-11-28(12-16-30)29-13-17-31(18-14-29)38-44-23-33(47-38)35-24-58(20-7-8-21-58)25-51(35)41(53)37(27(3)4)49-43(55)57-6/h11-18,22-23,26-27,34-37H,7-10,19-21,24-25H2,1-6H3,(H,44,47)(H,45,46)(H,48,54)(H,49,55)/t34-,35-,36-,37-/m0/s1. The van der Waals surface area contributed by atoms with Gasteiger partial charge in [0.1, 0.15) is 23.7 Å². The molecule has 4 atom stereocenters. The highest BCUT2D eigenvalue weighted by Gasteiger charge is 2.51. The van der Waals surface area contributed by atoms with Gasteiger partial charge in [0.25, 0.3) is 0 Å². The van der Waals surface area contributed by atoms with Crippen LogP contribution in [0.2, 0.25) is 18.1 Å². The second kappa shape index (κ2) is 17.2. The van der Waals surface area contributed by atoms with E-state index in [4.69, 9.17) is 14.5 Å². The van der Waals surface area contributed by atoms with Gasteiger partial charge in [0.05, 0.1) is 58.2 Å². The number of aromatic amines is 2. The van der Waals surface area contributed by atoms with Gasteiger partial charge >= 0.3 is 12.2 Å². The first kappa shape index (κ1) is 40.7. The van der Waals surface area contributed by atoms with Crippen molar-refractivity contribution in [1.82, 2.24) is 40.4 Å². The molecule has 4 amide bonds. The van der Waals surface area contributed by atoms with Gasteiger partial charge in [0, 0.05) is 18.3 Å². The van der Waals surface area contributed by atoms with E-state index in [0.717, 1.165) is 70.3 Å². The van der Waals surface area contributed by atoms with Crippen LogP contribution in [0.25, 0.3) is 33.8 Å². The van der Waals surface area contributed by atoms with Crippen LogP contribution in [0.5, 0.6) is 0 Å². The van der Waals surface area contributed by atoms with Gasteiger partial charge in [-0.1, -0.05) is 101 Å². The van der Waals surface area contributed by atoms with Crippen LogP contribution in [-0.2, 0) is 19.1 Å². The number of ether oxygens (including phenoxy) is 2. The van der Waals surface area contributed by atoms with Crippen LogP contribution >= 0.6 is 0 Å². The molecule has 0 radical (unpaired) electrons. The van der Waals surface area contributed by atoms with Gasteiger partial charge < -0.3 is 39.9 Å². The SMILES string of the molecule is COC(=O)N[C@H](C(=O)N1C[Si]2(CCCC2)C[C@H]1c1cnc(-c2ccc(-c3ccc(-c4cnc([C@@H]5CCCN5C(=O)[C@@H](NC(=O)OC)C(C)C)[nH]4)cc3)cc2)[nH]1)C(C)C. The van der Waals surface area contributed by atoms with E-state index in [2.05, 4.69) is 74.1 Å². The number of H-pyrrole nitrogens is 2. The summed E-state index contributed by atoms with van der Waals surface area (Å²) < 4.78 is 9.62. The van der Waals surface area contributed by atoms with Crippen LogP contribution in [-0.4, -0.2) is 101 Å². The fraction of sp³-hybridized carbons (Fsp3) is 0.488. The van der Waals surface area contributed by atoms with Crippen LogP contribution < -0.4 is 10.6 Å². The number of likely N-dealkylation sites (tertiary alicyclic amines) is 1. The number of alkyl carbamates (subject to hydrolysis) is 2. The molecule has 0 saturated carbocycles. The number of nitrogens with zero attached hydrogens (tertiary/aromatic N) is 4. The number of amides is 4. The van der Waals surface area contributed by atoms with Gasteiger partial charge in [0.15, 0.2) is 0 Å². The van der Waals surface area contributed by atoms with Gasteiger partial charge in [-0.15, -0.1) is 0 Å². The van der Waals surface area contributed by atoms with E-state index < -0.39 is 32.3 Å². The molecule has 0 bridgehead atoms. The summed E-state index contributed by atoms with van der Waals surface area (Å²) in [5.41, 5.74) is 5.85. The first-order chi connectivity index (χ1) is 27.9. The number of hydrogen-bond acceptors (Lipinski definition) is 8. The third-order valence-corrected chi connectivity index (χ3v) is 17.4. The van der Waals surface area contributed by atoms with Crippen LogP contribution in [0, 0.1) is 11.8 Å². The van der Waals surface area contributed by atoms with Crippen molar-refractivity contribution in [2.45, 2.75) is 95.7 Å². The zero-order valence-electron chi connectivity index (χ0n) is 34.3. The second-order valence-electron chi connectivity index (χ2n) is 16.8. The second-order valence-corrected chi connectivity index (χ2v) is 21.5. The third kappa shape index (κ3) is 8.40. The summed E-state index contributed by atoms with van der Waals surface area (Å²) in [6, 6.07) is 18.4. The molecular weight excluding hydrogens is 753 g/mol. The van der Waals surface area contributed by atoms with E-state index in [0.29, 0.717) is 6.54 Å². The summed E-state index contributed by atoms with van der Waals surface area (Å²) in [5.74, 6) is 1.09. The van der Waals surface area contributed by atoms with Crippen LogP contribution in [0.1, 0.15) is 77.0 Å². The molecule has 7 rings (SSSR count). The molecule has 4 N–H and O–H groups in total. The zero-order valence-corrected chi connectivity index (χ0v) is 35.3. The number of imidazole rings is 2. The quantitative estimate of drug-likeness (QED) is 0.115. The van der Waals surface area contributed by atoms with Crippen molar-refractivity contribution in [3.8, 4) is 33.8 Å². The van der Waals surface area contributed by atoms with E-state index in [1.165, 1.54) is 39.1 Å². The van der Waals surface area contributed by atoms with Crippen molar-refractivity contribution < 1.29 is 28.7 Å². The van der Waals surface area contributed by atoms with Crippen molar-refractivity contribution in [3.05, 3.63) is 72.4 Å². The van der Waals surface area contributed by atoms with Crippen LogP contribution in [0.15, 0.2) is 60.9 Å². The van der Waals surface area contributed by atoms with Crippen molar-refractivity contribution in [3.63, 3.8) is 0 Å². The molecule has 4 aromatic rings. The molecule has 1 spiro atoms. The minimum Gasteiger partial charge on any atom is -0.453 e. The van der Waals surface area contributed by atoms with Gasteiger partial charge in [-0.05, 0) is 47.4 Å². The van der Waals surface area contributed by atoms with E-state index >= 15 is 0 Å². The predicted octanol–water partition coefficient (Wildman–Crippen LogP) is 7.22. The number of methoxy groups -OCH3 is 2. The molecule has 3 aliphatic heterocycles. The summed E-state index contributed by atoms with van der Waals surface area (Å²) in [6.45, 7) is 8.30. The molecule has 3 fully saturated rings. The molecule has 0 aliphatic carbocycles. The highest BCUT2D eigenvalue weighted by molar-refractivity contribution is 6.81. The van der Waals surface area contributed by atoms with E-state index in [9.17, 15) is 19.2 Å². The Morgan fingerprint density at radius 2 is 1.26 bits per heavy atom. The molecule has 15 heteroatoms. The Hall–Kier alpha value is -5.44. The lowest BCUT2D eigenvalue weighted by molar-refractivity contribution is -0.136. The number of benzene rings is 2. The number of hydrogen-bond donors (Lipinski definition) is 4. The smallest absolute Gasteiger partial charge is 0.407 e. The fourth-order valence-corrected chi connectivity index (χ4v) is 14.6. The van der Waals surface area contributed by atoms with Crippen molar-refractivity contribution in [2.75, 3.05) is 26.9 Å². The Kier molecular flexibility index (Phi) is 12.1. The van der Waals surface area contributed by atoms with Gasteiger partial charge in [-0.3, -0.25) is 9.59 Å². The number of rotatable bonds is 11. The number of nitrogens with one attached hydrogen (secondary N) is 4. The normalized spacial score (nSPS) is 19.8. The lowest BCUT2D eigenvalue weighted by Crippen LogP contribution is -2.52. The fourth-order valence-electron chi connectivity index (χ4n) is 9.09. The number of carbonyl (C=O) groups is 4. The summed E-state index contributed by atoms with van der Waals surface area (Å²) in [5, 5.41) is 5.49. The minimum absolute atomic E-state index is 0.0558. The van der Waals surface area contributed by atoms with Gasteiger partial charge in [-0.25, -0.2) is 19.6 Å². The van der Waals surface area contributed by atoms with E-state index in [1.807, 2.05) is 49.9 Å². The Bertz CT molecular complexity index is 2090. The summed E-state index contributed by atoms with van der Waals surface area (Å²) in [7, 11) is 0.953. The van der Waals surface area contributed by atoms with E-state index in [1.54, 1.807) is 0 Å². The Morgan fingerprint density at radius 1 is 0.707 bits per heavy atom. The molecular formula is C43H56N8O6Si. The first-order valence-corrected chi connectivity index (χ1v) is 23.3. The van der Waals surface area contributed by atoms with Crippen LogP contribution in [0.4, 0.5) is 9.59 Å². The molecule has 308 valence electrons. The first-order valence-electron chi connectivity index (χ1n) is 20.5. The lowest BCUT2D eigenvalue weighted by Gasteiger charge is -2.31. The van der Waals surface area contributed by atoms with Gasteiger partial charge in [0.2, 0.25) is 11.8 Å². The molecule has 5 heterocycles. The molecule has 14 nitrogen and oxygen atoms in total. The summed E-state index contributed by atoms with van der Waals surface area (Å²) in [4.78, 5) is 72.1. The minimum atomic E-state index is -1.66. The Balaban J connectivity index is 1.03. The number of carbonyl (C=O) groups excluding carboxylic acids is 4. The highest BCUT2D eigenvalue weighted by Crippen LogP contribution is 2.47. The predicted molar refractivity (Wildman–Crippen MR) is 223 cm³/mol. The molecule has 3 saturated heterocycles. The van der Waals surface area contributed by atoms with Crippen molar-refractivity contribution >= 4 is 32.1 Å². The maximum Gasteiger partial charge on any atom is 0.407 e. The topological polar surface area (TPSA) is 175 Å². The number of aromatic nitrogens is 4. The van der Waals surface area contributed by atoms with Gasteiger partial charge in [-0.2, -0.15) is 0 Å². The third-order valence-electron chi connectivity index (χ3n) is 12.3. The molecule has 2 aromatic carbocycles. The maximum absolute atomic E-state index is 14.1. The molecule has 58 heavy (non-hydrogen) atoms. The summed E-state index contributed by atoms with van der Waals surface area (Å²) in [6.07, 6.45) is 7.36. The average Bonchev–Trinajstić information content (AvgIpc) is 4.09. The maximum atomic E-state index is 14.1.